The van der Waals surface area contributed by atoms with Crippen LogP contribution >= 0.6 is 0 Å². The summed E-state index contributed by atoms with van der Waals surface area (Å²) >= 11 is 0. The van der Waals surface area contributed by atoms with Crippen molar-refractivity contribution in [2.45, 2.75) is 202 Å². The molecule has 3 saturated heterocycles. The molecule has 570 valence electrons. The summed E-state index contributed by atoms with van der Waals surface area (Å²) in [5.74, 6) is 1.97. The lowest BCUT2D eigenvalue weighted by Crippen LogP contribution is -2.44. The Hall–Kier alpha value is -9.63. The Bertz CT molecular complexity index is 4450. The molecule has 0 radical (unpaired) electrons. The molecule has 3 aromatic heterocycles. The highest BCUT2D eigenvalue weighted by Gasteiger charge is 2.30. The Balaban J connectivity index is 0.000000173. The number of hydrogen-bond donors (Lipinski definition) is 3. The van der Waals surface area contributed by atoms with Crippen LogP contribution in [-0.4, -0.2) is 124 Å². The number of ketones is 3. The predicted molar refractivity (Wildman–Crippen MR) is 440 cm³/mol. The molecule has 3 aliphatic rings. The fraction of sp³-hybridized carbons (Fsp3) is 0.452. The molecule has 6 amide bonds. The first-order valence-corrected chi connectivity index (χ1v) is 40.4. The molecule has 108 heavy (non-hydrogen) atoms. The molecule has 9 aromatic rings. The van der Waals surface area contributed by atoms with Gasteiger partial charge >= 0.3 is 18.1 Å². The number of nitrogens with one attached hydrogen (secondary N) is 3. The number of pyridine rings is 3. The molecule has 3 fully saturated rings. The fourth-order valence-electron chi connectivity index (χ4n) is 15.4. The Morgan fingerprint density at radius 3 is 1.00 bits per heavy atom. The Morgan fingerprint density at radius 1 is 0.407 bits per heavy atom. The van der Waals surface area contributed by atoms with Gasteiger partial charge in [-0.2, -0.15) is 0 Å². The van der Waals surface area contributed by atoms with Gasteiger partial charge in [-0.25, -0.2) is 14.4 Å². The first-order valence-electron chi connectivity index (χ1n) is 40.4. The first kappa shape index (κ1) is 80.9. The molecule has 15 heteroatoms. The van der Waals surface area contributed by atoms with Crippen LogP contribution in [0.15, 0.2) is 164 Å². The van der Waals surface area contributed by atoms with E-state index in [2.05, 4.69) is 172 Å². The smallest absolute Gasteiger partial charge is 0.317 e. The zero-order valence-electron chi connectivity index (χ0n) is 65.8. The lowest BCUT2D eigenvalue weighted by Gasteiger charge is -2.32. The fourth-order valence-corrected chi connectivity index (χ4v) is 15.4. The lowest BCUT2D eigenvalue weighted by molar-refractivity contribution is 0.0935. The topological polar surface area (TPSA) is 187 Å². The Labute approximate surface area is 642 Å². The molecule has 6 heterocycles. The number of benzene rings is 6. The van der Waals surface area contributed by atoms with E-state index in [1.807, 2.05) is 76.2 Å². The summed E-state index contributed by atoms with van der Waals surface area (Å²) in [6, 6.07) is 50.8. The number of unbranched alkanes of at least 4 members (excludes halogenated alkanes) is 3. The Kier molecular flexibility index (Phi) is 30.0. The number of rotatable bonds is 26. The summed E-state index contributed by atoms with van der Waals surface area (Å²) in [6.45, 7) is 25.7. The largest absolute Gasteiger partial charge is 0.338 e. The van der Waals surface area contributed by atoms with Gasteiger partial charge in [0.25, 0.3) is 0 Å². The second-order valence-corrected chi connectivity index (χ2v) is 31.7. The highest BCUT2D eigenvalue weighted by atomic mass is 16.2. The van der Waals surface area contributed by atoms with Gasteiger partial charge in [-0.1, -0.05) is 191 Å². The number of fused-ring (bicyclic) bond motifs is 3. The SMILES string of the molecule is CCCCNC(=O)N1CCC(c2ccc3ncc(C(=O)CC(C)(C)C)c(Cc4ccccc4)c3c2)CC1.CCCCNC(=O)N1CCC(c2ccc3ncc(C(=O)CC(C)C)c(Cc4ccccc4)c3c2)CC1.CCCCNC(=O)N1CCC(c2ccc3ncc(C(=O)CCC)c(Cc4ccccc4)c3c2)CC1. The molecular formula is C93H117N9O6. The van der Waals surface area contributed by atoms with Crippen molar-refractivity contribution >= 4 is 68.2 Å². The highest BCUT2D eigenvalue weighted by Crippen LogP contribution is 2.38. The second kappa shape index (κ2) is 40.0. The van der Waals surface area contributed by atoms with Crippen LogP contribution in [0.3, 0.4) is 0 Å². The van der Waals surface area contributed by atoms with Crippen LogP contribution in [-0.2, 0) is 19.3 Å². The zero-order chi connectivity index (χ0) is 76.5. The van der Waals surface area contributed by atoms with Crippen LogP contribution in [0.5, 0.6) is 0 Å². The summed E-state index contributed by atoms with van der Waals surface area (Å²) in [7, 11) is 0. The maximum atomic E-state index is 13.4. The minimum absolute atomic E-state index is 0.0572. The summed E-state index contributed by atoms with van der Waals surface area (Å²) in [5.41, 5.74) is 15.6. The van der Waals surface area contributed by atoms with Crippen molar-refractivity contribution in [3.05, 3.63) is 231 Å². The van der Waals surface area contributed by atoms with E-state index in [1.54, 1.807) is 18.6 Å². The number of carbonyl (C=O) groups is 6. The van der Waals surface area contributed by atoms with Gasteiger partial charge in [0.1, 0.15) is 0 Å². The van der Waals surface area contributed by atoms with Gasteiger partial charge in [0.05, 0.1) is 16.6 Å². The van der Waals surface area contributed by atoms with Crippen molar-refractivity contribution in [3.8, 4) is 0 Å². The third-order valence-electron chi connectivity index (χ3n) is 21.5. The van der Waals surface area contributed by atoms with E-state index in [4.69, 9.17) is 4.98 Å². The first-order chi connectivity index (χ1) is 52.3. The molecular weight excluding hydrogens is 1340 g/mol. The van der Waals surface area contributed by atoms with Crippen molar-refractivity contribution < 1.29 is 28.8 Å². The van der Waals surface area contributed by atoms with Crippen LogP contribution in [0.2, 0.25) is 0 Å². The van der Waals surface area contributed by atoms with Crippen molar-refractivity contribution in [3.63, 3.8) is 0 Å². The molecule has 0 saturated carbocycles. The molecule has 15 nitrogen and oxygen atoms in total. The predicted octanol–water partition coefficient (Wildman–Crippen LogP) is 20.4. The number of Topliss-reactive ketones (excluding diaryl/α,β-unsaturated/α-hetero) is 3. The van der Waals surface area contributed by atoms with Gasteiger partial charge in [0.2, 0.25) is 0 Å². The van der Waals surface area contributed by atoms with Crippen molar-refractivity contribution in [1.29, 1.82) is 0 Å². The standard InChI is InChI=1S/C32H41N3O2.C31H39N3O2.C30H37N3O2/c1-5-6-16-33-31(37)35-17-14-24(15-18-35)25-12-13-29-27(20-25)26(19-23-10-8-7-9-11-23)28(22-34-29)30(36)21-32(2,3)4;1-4-5-15-32-31(36)34-16-13-24(14-17-34)25-11-12-29-27(20-25)26(19-23-9-7-6-8-10-23)28(21-33-29)30(35)18-22(2)3;1-3-5-16-31-30(35)33-17-14-23(15-18-33)24-12-13-28-26(20-24)25(19-22-10-7-6-8-11-22)27(21-32-28)29(34)9-4-2/h7-13,20,22,24H,5-6,14-19,21H2,1-4H3,(H,33,37);6-12,20-22,24H,4-5,13-19H2,1-3H3,(H,32,36);6-8,10-13,20-21,23H,3-5,9,14-19H2,1-2H3,(H,31,35). The maximum Gasteiger partial charge on any atom is 0.317 e. The van der Waals surface area contributed by atoms with Gasteiger partial charge in [0, 0.05) is 130 Å². The minimum atomic E-state index is -0.0886. The molecule has 3 aliphatic heterocycles. The summed E-state index contributed by atoms with van der Waals surface area (Å²) < 4.78 is 0. The van der Waals surface area contributed by atoms with Gasteiger partial charge < -0.3 is 30.7 Å². The number of hydrogen-bond acceptors (Lipinski definition) is 9. The van der Waals surface area contributed by atoms with Crippen LogP contribution < -0.4 is 16.0 Å². The monoisotopic (exact) mass is 1460 g/mol. The normalized spacial score (nSPS) is 14.4. The number of carbonyl (C=O) groups excluding carboxylic acids is 6. The molecule has 0 atom stereocenters. The summed E-state index contributed by atoms with van der Waals surface area (Å²) in [5, 5.41) is 12.3. The zero-order valence-corrected chi connectivity index (χ0v) is 65.8. The van der Waals surface area contributed by atoms with Crippen molar-refractivity contribution in [1.82, 2.24) is 45.6 Å². The van der Waals surface area contributed by atoms with E-state index in [0.717, 1.165) is 208 Å². The molecule has 12 rings (SSSR count). The van der Waals surface area contributed by atoms with Gasteiger partial charge in [-0.05, 0) is 199 Å². The lowest BCUT2D eigenvalue weighted by atomic mass is 9.84. The highest BCUT2D eigenvalue weighted by molar-refractivity contribution is 6.04. The van der Waals surface area contributed by atoms with Crippen LogP contribution in [0.1, 0.15) is 264 Å². The number of likely N-dealkylation sites (tertiary alicyclic amines) is 3. The number of amides is 6. The number of aromatic nitrogens is 3. The molecule has 6 aromatic carbocycles. The van der Waals surface area contributed by atoms with Gasteiger partial charge in [-0.15, -0.1) is 0 Å². The third kappa shape index (κ3) is 22.5. The number of urea groups is 3. The van der Waals surface area contributed by atoms with E-state index in [0.29, 0.717) is 62.2 Å². The molecule has 0 aliphatic carbocycles. The van der Waals surface area contributed by atoms with E-state index < -0.39 is 0 Å². The second-order valence-electron chi connectivity index (χ2n) is 31.7. The number of nitrogens with zero attached hydrogens (tertiary/aromatic N) is 6. The molecule has 0 unspecified atom stereocenters. The average Bonchev–Trinajstić information content (AvgIpc) is 0.788. The van der Waals surface area contributed by atoms with Crippen LogP contribution in [0.4, 0.5) is 14.4 Å². The molecule has 3 N–H and O–H groups in total. The van der Waals surface area contributed by atoms with E-state index in [9.17, 15) is 28.8 Å². The molecule has 0 bridgehead atoms. The Morgan fingerprint density at radius 2 is 0.713 bits per heavy atom. The van der Waals surface area contributed by atoms with Crippen LogP contribution in [0.25, 0.3) is 32.7 Å². The van der Waals surface area contributed by atoms with E-state index in [-0.39, 0.29) is 40.9 Å². The number of piperidine rings is 3. The van der Waals surface area contributed by atoms with Crippen molar-refractivity contribution in [2.75, 3.05) is 58.9 Å². The summed E-state index contributed by atoms with van der Waals surface area (Å²) in [4.78, 5) is 96.9. The quantitative estimate of drug-likeness (QED) is 0.0350. The van der Waals surface area contributed by atoms with Crippen molar-refractivity contribution in [2.24, 2.45) is 11.3 Å². The van der Waals surface area contributed by atoms with Gasteiger partial charge in [0.15, 0.2) is 17.3 Å². The summed E-state index contributed by atoms with van der Waals surface area (Å²) in [6.07, 6.45) is 21.8. The van der Waals surface area contributed by atoms with E-state index in [1.165, 1.54) is 33.4 Å². The van der Waals surface area contributed by atoms with Crippen LogP contribution in [0, 0.1) is 11.3 Å². The van der Waals surface area contributed by atoms with E-state index >= 15 is 0 Å². The third-order valence-corrected chi connectivity index (χ3v) is 21.5. The van der Waals surface area contributed by atoms with Gasteiger partial charge in [-0.3, -0.25) is 29.3 Å². The average molecular weight is 1460 g/mol. The minimum Gasteiger partial charge on any atom is -0.338 e. The maximum absolute atomic E-state index is 13.4. The molecule has 0 spiro atoms.